The second-order valence-corrected chi connectivity index (χ2v) is 5.45. The molecule has 0 unspecified atom stereocenters. The Hall–Kier alpha value is -1.10. The van der Waals surface area contributed by atoms with Crippen molar-refractivity contribution in [3.63, 3.8) is 0 Å². The normalized spacial score (nSPS) is 22.6. The number of carbonyl (C=O) groups is 2. The van der Waals surface area contributed by atoms with Crippen molar-refractivity contribution in [1.82, 2.24) is 15.5 Å². The van der Waals surface area contributed by atoms with E-state index in [0.717, 1.165) is 25.9 Å². The van der Waals surface area contributed by atoms with Gasteiger partial charge in [0, 0.05) is 13.6 Å². The fraction of sp³-hybridized carbons (Fsp3) is 0.846. The molecule has 5 nitrogen and oxygen atoms in total. The molecule has 2 N–H and O–H groups in total. The summed E-state index contributed by atoms with van der Waals surface area (Å²) in [4.78, 5) is 26.0. The average Bonchev–Trinajstić information content (AvgIpc) is 2.34. The quantitative estimate of drug-likeness (QED) is 0.755. The molecule has 0 saturated carbocycles. The number of piperidine rings is 1. The Balaban J connectivity index is 2.58. The third-order valence-electron chi connectivity index (χ3n) is 3.49. The average molecular weight is 255 g/mol. The number of hydrogen-bond donors (Lipinski definition) is 2. The lowest BCUT2D eigenvalue weighted by Crippen LogP contribution is -2.52. The lowest BCUT2D eigenvalue weighted by Gasteiger charge is -2.30. The van der Waals surface area contributed by atoms with E-state index < -0.39 is 6.04 Å². The molecule has 2 amide bonds. The highest BCUT2D eigenvalue weighted by Gasteiger charge is 2.29. The Morgan fingerprint density at radius 2 is 2.00 bits per heavy atom. The summed E-state index contributed by atoms with van der Waals surface area (Å²) in [5.41, 5.74) is 0. The van der Waals surface area contributed by atoms with Crippen molar-refractivity contribution in [1.29, 1.82) is 0 Å². The van der Waals surface area contributed by atoms with Gasteiger partial charge in [0.05, 0.1) is 5.92 Å². The lowest BCUT2D eigenvalue weighted by molar-refractivity contribution is -0.132. The van der Waals surface area contributed by atoms with E-state index in [2.05, 4.69) is 15.5 Å². The minimum absolute atomic E-state index is 0.00356. The van der Waals surface area contributed by atoms with Crippen LogP contribution in [0.5, 0.6) is 0 Å². The van der Waals surface area contributed by atoms with Gasteiger partial charge in [0.2, 0.25) is 11.8 Å². The molecule has 0 bridgehead atoms. The number of amides is 2. The minimum Gasteiger partial charge on any atom is -0.357 e. The van der Waals surface area contributed by atoms with E-state index in [-0.39, 0.29) is 23.7 Å². The van der Waals surface area contributed by atoms with Crippen LogP contribution in [-0.4, -0.2) is 49.9 Å². The number of likely N-dealkylation sites (tertiary alicyclic amines) is 1. The third-order valence-corrected chi connectivity index (χ3v) is 3.49. The molecule has 0 aromatic rings. The lowest BCUT2D eigenvalue weighted by atomic mass is 9.96. The van der Waals surface area contributed by atoms with Gasteiger partial charge < -0.3 is 15.5 Å². The van der Waals surface area contributed by atoms with Crippen molar-refractivity contribution in [2.75, 3.05) is 27.2 Å². The molecular weight excluding hydrogens is 230 g/mol. The maximum Gasteiger partial charge on any atom is 0.242 e. The zero-order chi connectivity index (χ0) is 13.7. The van der Waals surface area contributed by atoms with Crippen LogP contribution in [0.1, 0.15) is 26.7 Å². The largest absolute Gasteiger partial charge is 0.357 e. The molecule has 2 atom stereocenters. The van der Waals surface area contributed by atoms with E-state index in [1.165, 1.54) is 0 Å². The van der Waals surface area contributed by atoms with Crippen LogP contribution in [0, 0.1) is 11.8 Å². The van der Waals surface area contributed by atoms with Crippen LogP contribution in [0.15, 0.2) is 0 Å². The van der Waals surface area contributed by atoms with E-state index in [4.69, 9.17) is 0 Å². The molecule has 0 radical (unpaired) electrons. The number of nitrogens with zero attached hydrogens (tertiary/aromatic N) is 1. The summed E-state index contributed by atoms with van der Waals surface area (Å²) in [6, 6.07) is -0.435. The van der Waals surface area contributed by atoms with Gasteiger partial charge in [0.25, 0.3) is 0 Å². The number of nitrogens with one attached hydrogen (secondary N) is 2. The van der Waals surface area contributed by atoms with Gasteiger partial charge in [-0.25, -0.2) is 0 Å². The summed E-state index contributed by atoms with van der Waals surface area (Å²) in [5.74, 6) is -0.0174. The standard InChI is InChI=1S/C13H25N3O2/c1-9(2)11(13(18)14-3)15-12(17)10-6-5-7-16(4)8-10/h9-11H,5-8H2,1-4H3,(H,14,18)(H,15,17)/t10-,11+/m1/s1. The first-order valence-electron chi connectivity index (χ1n) is 6.66. The van der Waals surface area contributed by atoms with Crippen LogP contribution >= 0.6 is 0 Å². The van der Waals surface area contributed by atoms with E-state index in [1.807, 2.05) is 20.9 Å². The molecule has 0 spiro atoms. The SMILES string of the molecule is CNC(=O)[C@@H](NC(=O)[C@@H]1CCCN(C)C1)C(C)C. The van der Waals surface area contributed by atoms with Crippen LogP contribution in [0.25, 0.3) is 0 Å². The minimum atomic E-state index is -0.435. The molecular formula is C13H25N3O2. The molecule has 0 aliphatic carbocycles. The molecule has 0 aromatic heterocycles. The Bertz CT molecular complexity index is 305. The van der Waals surface area contributed by atoms with Crippen LogP contribution in [-0.2, 0) is 9.59 Å². The van der Waals surface area contributed by atoms with E-state index in [0.29, 0.717) is 0 Å². The van der Waals surface area contributed by atoms with Crippen molar-refractivity contribution in [3.8, 4) is 0 Å². The number of carbonyl (C=O) groups excluding carboxylic acids is 2. The first-order valence-corrected chi connectivity index (χ1v) is 6.66. The summed E-state index contributed by atoms with van der Waals surface area (Å²) in [6.07, 6.45) is 1.95. The zero-order valence-corrected chi connectivity index (χ0v) is 11.8. The topological polar surface area (TPSA) is 61.4 Å². The van der Waals surface area contributed by atoms with Crippen molar-refractivity contribution in [3.05, 3.63) is 0 Å². The Kier molecular flexibility index (Phi) is 5.59. The fourth-order valence-electron chi connectivity index (χ4n) is 2.34. The van der Waals surface area contributed by atoms with Gasteiger partial charge in [-0.05, 0) is 32.4 Å². The summed E-state index contributed by atoms with van der Waals surface area (Å²) in [6.45, 7) is 5.71. The van der Waals surface area contributed by atoms with Gasteiger partial charge in [0.1, 0.15) is 6.04 Å². The highest BCUT2D eigenvalue weighted by Crippen LogP contribution is 2.16. The van der Waals surface area contributed by atoms with Crippen LogP contribution in [0.2, 0.25) is 0 Å². The van der Waals surface area contributed by atoms with E-state index in [9.17, 15) is 9.59 Å². The summed E-state index contributed by atoms with van der Waals surface area (Å²) >= 11 is 0. The van der Waals surface area contributed by atoms with Crippen molar-refractivity contribution < 1.29 is 9.59 Å². The van der Waals surface area contributed by atoms with Gasteiger partial charge in [0.15, 0.2) is 0 Å². The van der Waals surface area contributed by atoms with Gasteiger partial charge in [-0.2, -0.15) is 0 Å². The van der Waals surface area contributed by atoms with E-state index >= 15 is 0 Å². The van der Waals surface area contributed by atoms with Gasteiger partial charge >= 0.3 is 0 Å². The number of rotatable bonds is 4. The zero-order valence-electron chi connectivity index (χ0n) is 11.8. The van der Waals surface area contributed by atoms with Crippen LogP contribution in [0.4, 0.5) is 0 Å². The molecule has 1 aliphatic heterocycles. The molecule has 18 heavy (non-hydrogen) atoms. The molecule has 1 fully saturated rings. The first kappa shape index (κ1) is 15.0. The molecule has 1 heterocycles. The maximum absolute atomic E-state index is 12.2. The second-order valence-electron chi connectivity index (χ2n) is 5.45. The molecule has 1 aliphatic rings. The van der Waals surface area contributed by atoms with Crippen molar-refractivity contribution >= 4 is 11.8 Å². The third kappa shape index (κ3) is 3.98. The number of likely N-dealkylation sites (N-methyl/N-ethyl adjacent to an activating group) is 1. The van der Waals surface area contributed by atoms with Gasteiger partial charge in [-0.1, -0.05) is 13.8 Å². The monoisotopic (exact) mass is 255 g/mol. The van der Waals surface area contributed by atoms with Gasteiger partial charge in [-0.3, -0.25) is 9.59 Å². The van der Waals surface area contributed by atoms with Gasteiger partial charge in [-0.15, -0.1) is 0 Å². The summed E-state index contributed by atoms with van der Waals surface area (Å²) in [5, 5.41) is 5.48. The first-order chi connectivity index (χ1) is 8.45. The smallest absolute Gasteiger partial charge is 0.242 e. The number of hydrogen-bond acceptors (Lipinski definition) is 3. The Morgan fingerprint density at radius 1 is 1.33 bits per heavy atom. The predicted octanol–water partition coefficient (Wildman–Crippen LogP) is 0.215. The molecule has 0 aromatic carbocycles. The Labute approximate surface area is 109 Å². The maximum atomic E-state index is 12.2. The van der Waals surface area contributed by atoms with Crippen LogP contribution in [0.3, 0.4) is 0 Å². The molecule has 104 valence electrons. The fourth-order valence-corrected chi connectivity index (χ4v) is 2.34. The van der Waals surface area contributed by atoms with Crippen molar-refractivity contribution in [2.24, 2.45) is 11.8 Å². The molecule has 5 heteroatoms. The van der Waals surface area contributed by atoms with Crippen molar-refractivity contribution in [2.45, 2.75) is 32.7 Å². The predicted molar refractivity (Wildman–Crippen MR) is 71.1 cm³/mol. The Morgan fingerprint density at radius 3 is 2.50 bits per heavy atom. The summed E-state index contributed by atoms with van der Waals surface area (Å²) in [7, 11) is 3.62. The highest BCUT2D eigenvalue weighted by atomic mass is 16.2. The van der Waals surface area contributed by atoms with E-state index in [1.54, 1.807) is 7.05 Å². The highest BCUT2D eigenvalue weighted by molar-refractivity contribution is 5.88. The molecule has 1 rings (SSSR count). The summed E-state index contributed by atoms with van der Waals surface area (Å²) < 4.78 is 0. The second kappa shape index (κ2) is 6.73. The van der Waals surface area contributed by atoms with Crippen LogP contribution < -0.4 is 10.6 Å². The molecule has 1 saturated heterocycles.